The van der Waals surface area contributed by atoms with Crippen LogP contribution in [0.15, 0.2) is 0 Å². The molecule has 0 spiro atoms. The molecule has 9 heavy (non-hydrogen) atoms. The Hall–Kier alpha value is 0.00688. The maximum Gasteiger partial charge on any atom is 0.389 e. The normalized spacial score (nSPS) is 12.0. The number of halogens is 3. The van der Waals surface area contributed by atoms with E-state index >= 15 is 0 Å². The van der Waals surface area contributed by atoms with Gasteiger partial charge in [0.05, 0.1) is 0 Å². The monoisotopic (exact) mass is 155 g/mol. The summed E-state index contributed by atoms with van der Waals surface area (Å²) in [7, 11) is 1.71. The lowest BCUT2D eigenvalue weighted by atomic mass is 10.2. The molecule has 0 aliphatic carbocycles. The van der Waals surface area contributed by atoms with Crippen molar-refractivity contribution >= 4 is 10.2 Å². The fraction of sp³-hybridized carbons (Fsp3) is 1.00. The van der Waals surface area contributed by atoms with Gasteiger partial charge in [0.1, 0.15) is 0 Å². The van der Waals surface area contributed by atoms with E-state index in [0.717, 1.165) is 6.04 Å². The van der Waals surface area contributed by atoms with E-state index in [4.69, 9.17) is 0 Å². The molecule has 1 radical (unpaired) electrons. The molecule has 0 N–H and O–H groups in total. The Morgan fingerprint density at radius 3 is 2.00 bits per heavy atom. The van der Waals surface area contributed by atoms with Crippen molar-refractivity contribution in [1.29, 1.82) is 0 Å². The predicted molar refractivity (Wildman–Crippen MR) is 33.3 cm³/mol. The molecular formula is C5H10F3Si. The quantitative estimate of drug-likeness (QED) is 0.430. The molecule has 0 heterocycles. The number of rotatable bonds is 3. The zero-order valence-electron chi connectivity index (χ0n) is 5.17. The van der Waals surface area contributed by atoms with E-state index in [1.54, 1.807) is 10.2 Å². The van der Waals surface area contributed by atoms with Crippen LogP contribution in [0.5, 0.6) is 0 Å². The molecule has 4 heteroatoms. The fourth-order valence-corrected chi connectivity index (χ4v) is 0.856. The largest absolute Gasteiger partial charge is 0.389 e. The van der Waals surface area contributed by atoms with Gasteiger partial charge in [-0.2, -0.15) is 13.2 Å². The van der Waals surface area contributed by atoms with Crippen LogP contribution >= 0.6 is 0 Å². The van der Waals surface area contributed by atoms with Crippen molar-refractivity contribution in [3.63, 3.8) is 0 Å². The van der Waals surface area contributed by atoms with Gasteiger partial charge >= 0.3 is 6.18 Å². The Kier molecular flexibility index (Phi) is 3.93. The van der Waals surface area contributed by atoms with Crippen molar-refractivity contribution in [2.24, 2.45) is 0 Å². The topological polar surface area (TPSA) is 0 Å². The fourth-order valence-electron chi connectivity index (χ4n) is 0.502. The third-order valence-electron chi connectivity index (χ3n) is 0.960. The highest BCUT2D eigenvalue weighted by molar-refractivity contribution is 6.08. The second-order valence-electron chi connectivity index (χ2n) is 1.93. The van der Waals surface area contributed by atoms with Crippen LogP contribution in [-0.4, -0.2) is 16.4 Å². The van der Waals surface area contributed by atoms with Crippen LogP contribution in [0.25, 0.3) is 0 Å². The summed E-state index contributed by atoms with van der Waals surface area (Å²) >= 11 is 0. The molecule has 0 nitrogen and oxygen atoms in total. The van der Waals surface area contributed by atoms with E-state index in [2.05, 4.69) is 0 Å². The van der Waals surface area contributed by atoms with Crippen LogP contribution in [0.1, 0.15) is 19.3 Å². The van der Waals surface area contributed by atoms with Crippen molar-refractivity contribution in [1.82, 2.24) is 0 Å². The highest BCUT2D eigenvalue weighted by Crippen LogP contribution is 2.22. The highest BCUT2D eigenvalue weighted by atomic mass is 28.1. The zero-order chi connectivity index (χ0) is 7.33. The number of hydrogen-bond acceptors (Lipinski definition) is 0. The molecule has 0 aliphatic rings. The summed E-state index contributed by atoms with van der Waals surface area (Å²) in [5.74, 6) is 0. The molecule has 0 fully saturated rings. The molecule has 0 amide bonds. The minimum absolute atomic E-state index is 0.285. The summed E-state index contributed by atoms with van der Waals surface area (Å²) in [4.78, 5) is 0. The Morgan fingerprint density at radius 1 is 1.11 bits per heavy atom. The van der Waals surface area contributed by atoms with Gasteiger partial charge in [0.15, 0.2) is 0 Å². The van der Waals surface area contributed by atoms with Crippen LogP contribution in [0, 0.1) is 0 Å². The van der Waals surface area contributed by atoms with Crippen molar-refractivity contribution in [2.45, 2.75) is 31.5 Å². The van der Waals surface area contributed by atoms with Crippen LogP contribution in [0.4, 0.5) is 13.2 Å². The summed E-state index contributed by atoms with van der Waals surface area (Å²) in [6, 6.07) is 0.871. The summed E-state index contributed by atoms with van der Waals surface area (Å²) < 4.78 is 34.1. The van der Waals surface area contributed by atoms with E-state index in [1.165, 1.54) is 0 Å². The first-order valence-corrected chi connectivity index (χ1v) is 3.92. The Labute approximate surface area is 55.9 Å². The lowest BCUT2D eigenvalue weighted by Crippen LogP contribution is -2.05. The molecule has 55 valence electrons. The lowest BCUT2D eigenvalue weighted by molar-refractivity contribution is -0.135. The van der Waals surface area contributed by atoms with Gasteiger partial charge < -0.3 is 0 Å². The molecule has 0 aromatic rings. The first-order valence-electron chi connectivity index (χ1n) is 2.92. The van der Waals surface area contributed by atoms with Crippen molar-refractivity contribution in [2.75, 3.05) is 0 Å². The third kappa shape index (κ3) is 8.01. The molecule has 0 unspecified atom stereocenters. The van der Waals surface area contributed by atoms with Gasteiger partial charge in [-0.05, 0) is 6.42 Å². The van der Waals surface area contributed by atoms with Crippen molar-refractivity contribution < 1.29 is 13.2 Å². The lowest BCUT2D eigenvalue weighted by Gasteiger charge is -2.03. The molecule has 0 aromatic heterocycles. The molecule has 0 atom stereocenters. The van der Waals surface area contributed by atoms with Gasteiger partial charge in [0.25, 0.3) is 0 Å². The Bertz CT molecular complexity index is 69.1. The van der Waals surface area contributed by atoms with Crippen LogP contribution in [-0.2, 0) is 0 Å². The molecule has 0 saturated heterocycles. The van der Waals surface area contributed by atoms with Crippen LogP contribution in [0.2, 0.25) is 6.04 Å². The van der Waals surface area contributed by atoms with Crippen LogP contribution in [0.3, 0.4) is 0 Å². The minimum atomic E-state index is -3.95. The van der Waals surface area contributed by atoms with Gasteiger partial charge in [-0.15, -0.1) is 0 Å². The second-order valence-corrected chi connectivity index (χ2v) is 2.63. The number of hydrogen-bond donors (Lipinski definition) is 0. The van der Waals surface area contributed by atoms with Crippen molar-refractivity contribution in [3.8, 4) is 0 Å². The first-order chi connectivity index (χ1) is 4.06. The van der Waals surface area contributed by atoms with E-state index in [-0.39, 0.29) is 6.42 Å². The molecule has 0 aliphatic heterocycles. The average molecular weight is 155 g/mol. The SMILES string of the molecule is FC(F)(F)CCCC[SiH2]. The zero-order valence-corrected chi connectivity index (χ0v) is 6.58. The summed E-state index contributed by atoms with van der Waals surface area (Å²) in [5, 5.41) is 0. The average Bonchev–Trinajstić information content (AvgIpc) is 1.63. The summed E-state index contributed by atoms with van der Waals surface area (Å²) in [5.41, 5.74) is 0. The number of unbranched alkanes of at least 4 members (excludes halogenated alkanes) is 1. The van der Waals surface area contributed by atoms with Gasteiger partial charge in [0, 0.05) is 16.7 Å². The standard InChI is InChI=1S/C5H10F3Si/c6-5(7,8)3-1-2-4-9/h1-4,9H2. The van der Waals surface area contributed by atoms with Gasteiger partial charge in [-0.3, -0.25) is 0 Å². The summed E-state index contributed by atoms with van der Waals surface area (Å²) in [6.45, 7) is 0. The summed E-state index contributed by atoms with van der Waals surface area (Å²) in [6.07, 6.45) is -3.59. The van der Waals surface area contributed by atoms with Crippen molar-refractivity contribution in [3.05, 3.63) is 0 Å². The smallest absolute Gasteiger partial charge is 0.171 e. The molecule has 0 saturated carbocycles. The number of alkyl halides is 3. The van der Waals surface area contributed by atoms with E-state index < -0.39 is 12.6 Å². The van der Waals surface area contributed by atoms with E-state index in [0.29, 0.717) is 6.42 Å². The van der Waals surface area contributed by atoms with Crippen LogP contribution < -0.4 is 0 Å². The second kappa shape index (κ2) is 3.93. The Morgan fingerprint density at radius 2 is 1.67 bits per heavy atom. The Balaban J connectivity index is 3.07. The first kappa shape index (κ1) is 9.01. The maximum atomic E-state index is 11.4. The third-order valence-corrected chi connectivity index (χ3v) is 1.46. The van der Waals surface area contributed by atoms with Gasteiger partial charge in [-0.25, -0.2) is 0 Å². The molecule has 0 bridgehead atoms. The van der Waals surface area contributed by atoms with Gasteiger partial charge in [0.2, 0.25) is 0 Å². The maximum absolute atomic E-state index is 11.4. The van der Waals surface area contributed by atoms with E-state index in [9.17, 15) is 13.2 Å². The highest BCUT2D eigenvalue weighted by Gasteiger charge is 2.25. The molecule has 0 rings (SSSR count). The molecular weight excluding hydrogens is 145 g/mol. The predicted octanol–water partition coefficient (Wildman–Crippen LogP) is 1.77. The molecule has 0 aromatic carbocycles. The van der Waals surface area contributed by atoms with E-state index in [1.807, 2.05) is 0 Å². The van der Waals surface area contributed by atoms with Gasteiger partial charge in [-0.1, -0.05) is 12.5 Å². The minimum Gasteiger partial charge on any atom is -0.171 e.